The highest BCUT2D eigenvalue weighted by molar-refractivity contribution is 6.23. The van der Waals surface area contributed by atoms with Gasteiger partial charge in [-0.05, 0) is 70.4 Å². The molecule has 54 heavy (non-hydrogen) atoms. The van der Waals surface area contributed by atoms with E-state index in [1.807, 2.05) is 60.7 Å². The molecular weight excluding hydrogens is 661 g/mol. The maximum atomic E-state index is 6.80. The molecule has 8 aromatic carbocycles. The average molecular weight is 691 g/mol. The van der Waals surface area contributed by atoms with Crippen molar-refractivity contribution in [1.82, 2.24) is 19.5 Å². The molecule has 3 heterocycles. The van der Waals surface area contributed by atoms with Gasteiger partial charge in [0.15, 0.2) is 17.5 Å². The number of hydrogen-bond acceptors (Lipinski definition) is 4. The number of furan rings is 1. The minimum absolute atomic E-state index is 0.568. The lowest BCUT2D eigenvalue weighted by Crippen LogP contribution is -2.00. The molecule has 11 rings (SSSR count). The molecule has 0 spiro atoms. The fraction of sp³-hybridized carbons (Fsp3) is 0. The lowest BCUT2D eigenvalue weighted by atomic mass is 9.97. The van der Waals surface area contributed by atoms with Crippen LogP contribution < -0.4 is 0 Å². The molecule has 0 amide bonds. The molecule has 0 unspecified atom stereocenters. The monoisotopic (exact) mass is 690 g/mol. The van der Waals surface area contributed by atoms with Crippen molar-refractivity contribution in [3.05, 3.63) is 182 Å². The van der Waals surface area contributed by atoms with E-state index >= 15 is 0 Å². The van der Waals surface area contributed by atoms with E-state index in [1.165, 1.54) is 21.8 Å². The summed E-state index contributed by atoms with van der Waals surface area (Å²) < 4.78 is 9.15. The molecule has 0 atom stereocenters. The van der Waals surface area contributed by atoms with Crippen molar-refractivity contribution in [3.63, 3.8) is 0 Å². The standard InChI is InChI=1S/C49H30N4O/c1-4-14-31(15-5-1)47-50-48(32-16-6-2-7-17-32)52-49(51-47)41-30-35-18-10-11-21-37(35)45-40-29-34(25-27-44(40)54-46(41)45)33-24-26-43-39(28-33)38-22-12-13-23-42(38)53(43)36-19-8-3-9-20-36/h1-30H. The molecule has 0 aliphatic carbocycles. The topological polar surface area (TPSA) is 56.7 Å². The molecule has 0 saturated carbocycles. The van der Waals surface area contributed by atoms with Crippen molar-refractivity contribution in [2.45, 2.75) is 0 Å². The molecule has 3 aromatic heterocycles. The van der Waals surface area contributed by atoms with Gasteiger partial charge < -0.3 is 8.98 Å². The Labute approximate surface area is 310 Å². The maximum Gasteiger partial charge on any atom is 0.167 e. The quantitative estimate of drug-likeness (QED) is 0.180. The largest absolute Gasteiger partial charge is 0.455 e. The third kappa shape index (κ3) is 4.83. The van der Waals surface area contributed by atoms with E-state index < -0.39 is 0 Å². The Bertz CT molecular complexity index is 3140. The van der Waals surface area contributed by atoms with E-state index in [0.29, 0.717) is 17.5 Å². The summed E-state index contributed by atoms with van der Waals surface area (Å²) in [6, 6.07) is 63.3. The van der Waals surface area contributed by atoms with Gasteiger partial charge in [-0.25, -0.2) is 15.0 Å². The lowest BCUT2D eigenvalue weighted by Gasteiger charge is -2.10. The molecule has 5 nitrogen and oxygen atoms in total. The summed E-state index contributed by atoms with van der Waals surface area (Å²) in [6.07, 6.45) is 0. The Balaban J connectivity index is 1.13. The first kappa shape index (κ1) is 30.3. The summed E-state index contributed by atoms with van der Waals surface area (Å²) in [5.74, 6) is 1.80. The average Bonchev–Trinajstić information content (AvgIpc) is 3.80. The third-order valence-corrected chi connectivity index (χ3v) is 10.4. The third-order valence-electron chi connectivity index (χ3n) is 10.4. The second-order valence-corrected chi connectivity index (χ2v) is 13.6. The summed E-state index contributed by atoms with van der Waals surface area (Å²) >= 11 is 0. The second kappa shape index (κ2) is 12.1. The van der Waals surface area contributed by atoms with Crippen LogP contribution >= 0.6 is 0 Å². The second-order valence-electron chi connectivity index (χ2n) is 13.6. The maximum absolute atomic E-state index is 6.80. The smallest absolute Gasteiger partial charge is 0.167 e. The van der Waals surface area contributed by atoms with Gasteiger partial charge in [0.1, 0.15) is 11.2 Å². The zero-order chi connectivity index (χ0) is 35.6. The predicted octanol–water partition coefficient (Wildman–Crippen LogP) is 12.7. The van der Waals surface area contributed by atoms with Crippen molar-refractivity contribution < 1.29 is 4.42 Å². The first-order chi connectivity index (χ1) is 26.8. The van der Waals surface area contributed by atoms with Crippen LogP contribution in [0.3, 0.4) is 0 Å². The molecule has 0 fully saturated rings. The molecule has 252 valence electrons. The van der Waals surface area contributed by atoms with Gasteiger partial charge in [-0.15, -0.1) is 0 Å². The zero-order valence-corrected chi connectivity index (χ0v) is 29.0. The van der Waals surface area contributed by atoms with Crippen LogP contribution in [0, 0.1) is 0 Å². The number of nitrogens with zero attached hydrogens (tertiary/aromatic N) is 4. The van der Waals surface area contributed by atoms with Crippen LogP contribution in [0.25, 0.3) is 105 Å². The minimum Gasteiger partial charge on any atom is -0.455 e. The highest BCUT2D eigenvalue weighted by atomic mass is 16.3. The molecule has 0 aliphatic rings. The summed E-state index contributed by atoms with van der Waals surface area (Å²) in [4.78, 5) is 15.1. The van der Waals surface area contributed by atoms with E-state index in [-0.39, 0.29) is 0 Å². The zero-order valence-electron chi connectivity index (χ0n) is 29.0. The van der Waals surface area contributed by atoms with E-state index in [9.17, 15) is 0 Å². The number of benzene rings is 8. The summed E-state index contributed by atoms with van der Waals surface area (Å²) in [5, 5.41) is 6.75. The SMILES string of the molecule is c1ccc(-c2nc(-c3ccccc3)nc(-c3cc4ccccc4c4c3oc3ccc(-c5ccc6c(c5)c5ccccc5n6-c5ccccc5)cc34)n2)cc1. The highest BCUT2D eigenvalue weighted by Crippen LogP contribution is 2.43. The molecule has 0 saturated heterocycles. The van der Waals surface area contributed by atoms with Crippen LogP contribution in [-0.2, 0) is 0 Å². The molecule has 0 bridgehead atoms. The fourth-order valence-electron chi connectivity index (χ4n) is 7.91. The highest BCUT2D eigenvalue weighted by Gasteiger charge is 2.21. The van der Waals surface area contributed by atoms with Crippen molar-refractivity contribution >= 4 is 54.5 Å². The first-order valence-corrected chi connectivity index (χ1v) is 18.1. The van der Waals surface area contributed by atoms with Crippen LogP contribution in [0.1, 0.15) is 0 Å². The number of rotatable bonds is 5. The van der Waals surface area contributed by atoms with E-state index in [4.69, 9.17) is 19.4 Å². The van der Waals surface area contributed by atoms with Gasteiger partial charge in [0.2, 0.25) is 0 Å². The van der Waals surface area contributed by atoms with Crippen LogP contribution in [0.2, 0.25) is 0 Å². The predicted molar refractivity (Wildman–Crippen MR) is 221 cm³/mol. The fourth-order valence-corrected chi connectivity index (χ4v) is 7.91. The summed E-state index contributed by atoms with van der Waals surface area (Å²) in [7, 11) is 0. The van der Waals surface area contributed by atoms with E-state index in [1.54, 1.807) is 0 Å². The Morgan fingerprint density at radius 3 is 1.67 bits per heavy atom. The van der Waals surface area contributed by atoms with Gasteiger partial charge in [0.25, 0.3) is 0 Å². The number of para-hydroxylation sites is 2. The van der Waals surface area contributed by atoms with Crippen LogP contribution in [-0.4, -0.2) is 19.5 Å². The first-order valence-electron chi connectivity index (χ1n) is 18.1. The van der Waals surface area contributed by atoms with E-state index in [0.717, 1.165) is 66.2 Å². The molecule has 0 radical (unpaired) electrons. The Morgan fingerprint density at radius 1 is 0.389 bits per heavy atom. The van der Waals surface area contributed by atoms with Crippen molar-refractivity contribution in [3.8, 4) is 51.0 Å². The van der Waals surface area contributed by atoms with Gasteiger partial charge in [0, 0.05) is 38.4 Å². The number of aromatic nitrogens is 4. The Morgan fingerprint density at radius 2 is 0.944 bits per heavy atom. The number of hydrogen-bond donors (Lipinski definition) is 0. The van der Waals surface area contributed by atoms with Crippen LogP contribution in [0.15, 0.2) is 186 Å². The van der Waals surface area contributed by atoms with E-state index in [2.05, 4.69) is 126 Å². The summed E-state index contributed by atoms with van der Waals surface area (Å²) in [5.41, 5.74) is 10.0. The summed E-state index contributed by atoms with van der Waals surface area (Å²) in [6.45, 7) is 0. The van der Waals surface area contributed by atoms with Gasteiger partial charge >= 0.3 is 0 Å². The van der Waals surface area contributed by atoms with Gasteiger partial charge in [-0.3, -0.25) is 0 Å². The molecule has 0 aliphatic heterocycles. The van der Waals surface area contributed by atoms with Crippen LogP contribution in [0.4, 0.5) is 0 Å². The van der Waals surface area contributed by atoms with Gasteiger partial charge in [-0.2, -0.15) is 0 Å². The normalized spacial score (nSPS) is 11.7. The minimum atomic E-state index is 0.568. The molecule has 0 N–H and O–H groups in total. The van der Waals surface area contributed by atoms with Crippen molar-refractivity contribution in [2.24, 2.45) is 0 Å². The van der Waals surface area contributed by atoms with Gasteiger partial charge in [-0.1, -0.05) is 133 Å². The Hall–Kier alpha value is -7.37. The lowest BCUT2D eigenvalue weighted by molar-refractivity contribution is 0.670. The number of fused-ring (bicyclic) bond motifs is 8. The van der Waals surface area contributed by atoms with Crippen LogP contribution in [0.5, 0.6) is 0 Å². The van der Waals surface area contributed by atoms with Crippen molar-refractivity contribution in [1.29, 1.82) is 0 Å². The Kier molecular flexibility index (Phi) is 6.79. The molecule has 5 heteroatoms. The molecule has 11 aromatic rings. The van der Waals surface area contributed by atoms with Crippen molar-refractivity contribution in [2.75, 3.05) is 0 Å². The molecular formula is C49H30N4O. The van der Waals surface area contributed by atoms with Gasteiger partial charge in [0.05, 0.1) is 16.6 Å².